The molecule has 4 nitrogen and oxygen atoms in total. The van der Waals surface area contributed by atoms with Crippen LogP contribution in [0.3, 0.4) is 0 Å². The molecule has 1 aliphatic carbocycles. The number of aromatic nitrogens is 2. The summed E-state index contributed by atoms with van der Waals surface area (Å²) in [4.78, 5) is 10.9. The minimum Gasteiger partial charge on any atom is -0.480 e. The Morgan fingerprint density at radius 1 is 1.56 bits per heavy atom. The lowest BCUT2D eigenvalue weighted by molar-refractivity contribution is 0.393. The van der Waals surface area contributed by atoms with Gasteiger partial charge >= 0.3 is 0 Å². The Bertz CT molecular complexity index is 368. The third kappa shape index (κ3) is 2.64. The molecule has 88 valence electrons. The van der Waals surface area contributed by atoms with Crippen molar-refractivity contribution in [3.63, 3.8) is 0 Å². The summed E-state index contributed by atoms with van der Waals surface area (Å²) in [7, 11) is 1.62. The van der Waals surface area contributed by atoms with E-state index in [2.05, 4.69) is 37.7 Å². The first-order valence-corrected chi connectivity index (χ1v) is 6.35. The molecule has 1 aromatic heterocycles. The predicted octanol–water partition coefficient (Wildman–Crippen LogP) is 2.48. The fourth-order valence-corrected chi connectivity index (χ4v) is 1.96. The second-order valence-electron chi connectivity index (χ2n) is 4.01. The predicted molar refractivity (Wildman–Crippen MR) is 66.9 cm³/mol. The van der Waals surface area contributed by atoms with Crippen LogP contribution < -0.4 is 9.64 Å². The molecule has 1 saturated carbocycles. The Morgan fingerprint density at radius 2 is 2.31 bits per heavy atom. The highest BCUT2D eigenvalue weighted by Gasteiger charge is 2.25. The Morgan fingerprint density at radius 3 is 2.88 bits per heavy atom. The summed E-state index contributed by atoms with van der Waals surface area (Å²) in [6, 6.07) is 0. The molecule has 0 unspecified atom stereocenters. The van der Waals surface area contributed by atoms with Crippen LogP contribution >= 0.6 is 15.9 Å². The van der Waals surface area contributed by atoms with Gasteiger partial charge in [-0.15, -0.1) is 0 Å². The van der Waals surface area contributed by atoms with Gasteiger partial charge in [-0.05, 0) is 41.6 Å². The Labute approximate surface area is 104 Å². The van der Waals surface area contributed by atoms with E-state index >= 15 is 0 Å². The lowest BCUT2D eigenvalue weighted by Crippen LogP contribution is -2.27. The molecule has 0 bridgehead atoms. The second-order valence-corrected chi connectivity index (χ2v) is 4.86. The van der Waals surface area contributed by atoms with Crippen LogP contribution in [0.2, 0.25) is 0 Å². The number of ether oxygens (including phenoxy) is 1. The maximum Gasteiger partial charge on any atom is 0.232 e. The number of nitrogens with zero attached hydrogens (tertiary/aromatic N) is 3. The first kappa shape index (κ1) is 11.6. The molecule has 0 atom stereocenters. The summed E-state index contributed by atoms with van der Waals surface area (Å²) in [5.74, 6) is 2.19. The van der Waals surface area contributed by atoms with Crippen LogP contribution in [0.1, 0.15) is 19.8 Å². The van der Waals surface area contributed by atoms with Gasteiger partial charge in [-0.1, -0.05) is 0 Å². The summed E-state index contributed by atoms with van der Waals surface area (Å²) < 4.78 is 5.97. The number of hydrogen-bond donors (Lipinski definition) is 0. The highest BCUT2D eigenvalue weighted by atomic mass is 79.9. The van der Waals surface area contributed by atoms with Crippen molar-refractivity contribution in [2.45, 2.75) is 19.8 Å². The quantitative estimate of drug-likeness (QED) is 0.833. The van der Waals surface area contributed by atoms with E-state index in [9.17, 15) is 0 Å². The van der Waals surface area contributed by atoms with Crippen LogP contribution in [0.15, 0.2) is 10.7 Å². The lowest BCUT2D eigenvalue weighted by atomic mass is 10.4. The minimum atomic E-state index is 0.597. The molecular formula is C11H16BrN3O. The standard InChI is InChI=1S/C11H16BrN3O/c1-3-15(7-8-4-5-8)11-13-6-9(12)10(14-11)16-2/h6,8H,3-5,7H2,1-2H3. The topological polar surface area (TPSA) is 38.2 Å². The molecule has 0 radical (unpaired) electrons. The van der Waals surface area contributed by atoms with Crippen molar-refractivity contribution in [3.05, 3.63) is 10.7 Å². The largest absolute Gasteiger partial charge is 0.480 e. The zero-order valence-electron chi connectivity index (χ0n) is 9.61. The van der Waals surface area contributed by atoms with Crippen molar-refractivity contribution < 1.29 is 4.74 Å². The molecule has 0 saturated heterocycles. The number of halogens is 1. The van der Waals surface area contributed by atoms with E-state index in [4.69, 9.17) is 4.74 Å². The summed E-state index contributed by atoms with van der Waals surface area (Å²) in [6.07, 6.45) is 4.42. The molecule has 0 amide bonds. The molecule has 0 spiro atoms. The van der Waals surface area contributed by atoms with Crippen LogP contribution in [-0.4, -0.2) is 30.2 Å². The van der Waals surface area contributed by atoms with Gasteiger partial charge < -0.3 is 9.64 Å². The van der Waals surface area contributed by atoms with Crippen LogP contribution in [0.4, 0.5) is 5.95 Å². The maximum absolute atomic E-state index is 5.18. The van der Waals surface area contributed by atoms with Gasteiger partial charge in [-0.25, -0.2) is 4.98 Å². The fraction of sp³-hybridized carbons (Fsp3) is 0.636. The van der Waals surface area contributed by atoms with Crippen LogP contribution in [0.25, 0.3) is 0 Å². The van der Waals surface area contributed by atoms with Crippen LogP contribution in [0.5, 0.6) is 5.88 Å². The zero-order valence-corrected chi connectivity index (χ0v) is 11.2. The average Bonchev–Trinajstić information content (AvgIpc) is 3.11. The summed E-state index contributed by atoms with van der Waals surface area (Å²) in [5, 5.41) is 0. The molecule has 1 aromatic rings. The first-order chi connectivity index (χ1) is 7.74. The van der Waals surface area contributed by atoms with Crippen molar-refractivity contribution in [2.24, 2.45) is 5.92 Å². The molecule has 1 aliphatic rings. The van der Waals surface area contributed by atoms with Gasteiger partial charge in [-0.2, -0.15) is 4.98 Å². The smallest absolute Gasteiger partial charge is 0.232 e. The van der Waals surface area contributed by atoms with E-state index < -0.39 is 0 Å². The van der Waals surface area contributed by atoms with Gasteiger partial charge in [0.1, 0.15) is 0 Å². The van der Waals surface area contributed by atoms with Crippen LogP contribution in [-0.2, 0) is 0 Å². The summed E-state index contributed by atoms with van der Waals surface area (Å²) in [5.41, 5.74) is 0. The third-order valence-corrected chi connectivity index (χ3v) is 3.28. The highest BCUT2D eigenvalue weighted by molar-refractivity contribution is 9.10. The highest BCUT2D eigenvalue weighted by Crippen LogP contribution is 2.31. The van der Waals surface area contributed by atoms with Gasteiger partial charge in [0.15, 0.2) is 0 Å². The van der Waals surface area contributed by atoms with Gasteiger partial charge in [0, 0.05) is 13.1 Å². The molecule has 16 heavy (non-hydrogen) atoms. The van der Waals surface area contributed by atoms with Gasteiger partial charge in [0.25, 0.3) is 0 Å². The third-order valence-electron chi connectivity index (χ3n) is 2.73. The Balaban J connectivity index is 2.16. The zero-order chi connectivity index (χ0) is 11.5. The van der Waals surface area contributed by atoms with Crippen molar-refractivity contribution in [1.29, 1.82) is 0 Å². The van der Waals surface area contributed by atoms with Crippen LogP contribution in [0, 0.1) is 5.92 Å². The minimum absolute atomic E-state index is 0.597. The summed E-state index contributed by atoms with van der Waals surface area (Å²) in [6.45, 7) is 4.11. The van der Waals surface area contributed by atoms with Crippen molar-refractivity contribution in [1.82, 2.24) is 9.97 Å². The molecule has 0 aromatic carbocycles. The maximum atomic E-state index is 5.18. The molecule has 0 N–H and O–H groups in total. The van der Waals surface area contributed by atoms with Gasteiger partial charge in [-0.3, -0.25) is 0 Å². The number of hydrogen-bond acceptors (Lipinski definition) is 4. The van der Waals surface area contributed by atoms with Crippen molar-refractivity contribution in [3.8, 4) is 5.88 Å². The number of anilines is 1. The van der Waals surface area contributed by atoms with E-state index in [1.54, 1.807) is 13.3 Å². The van der Waals surface area contributed by atoms with Gasteiger partial charge in [0.05, 0.1) is 17.8 Å². The molecule has 2 rings (SSSR count). The van der Waals surface area contributed by atoms with E-state index in [1.165, 1.54) is 12.8 Å². The average molecular weight is 286 g/mol. The molecule has 5 heteroatoms. The van der Waals surface area contributed by atoms with Crippen molar-refractivity contribution in [2.75, 3.05) is 25.1 Å². The van der Waals surface area contributed by atoms with E-state index in [1.807, 2.05) is 0 Å². The Hall–Kier alpha value is -0.840. The first-order valence-electron chi connectivity index (χ1n) is 5.56. The number of methoxy groups -OCH3 is 1. The molecule has 0 aliphatic heterocycles. The summed E-state index contributed by atoms with van der Waals surface area (Å²) >= 11 is 3.36. The molecular weight excluding hydrogens is 270 g/mol. The SMILES string of the molecule is CCN(CC1CC1)c1ncc(Br)c(OC)n1. The fourth-order valence-electron chi connectivity index (χ4n) is 1.60. The molecule has 1 heterocycles. The number of rotatable bonds is 5. The Kier molecular flexibility index (Phi) is 3.63. The monoisotopic (exact) mass is 285 g/mol. The van der Waals surface area contributed by atoms with E-state index in [-0.39, 0.29) is 0 Å². The van der Waals surface area contributed by atoms with Crippen molar-refractivity contribution >= 4 is 21.9 Å². The second kappa shape index (κ2) is 4.99. The molecule has 1 fully saturated rings. The van der Waals surface area contributed by atoms with E-state index in [0.717, 1.165) is 29.4 Å². The lowest BCUT2D eigenvalue weighted by Gasteiger charge is -2.20. The normalized spacial score (nSPS) is 14.9. The van der Waals surface area contributed by atoms with E-state index in [0.29, 0.717) is 5.88 Å². The van der Waals surface area contributed by atoms with Gasteiger partial charge in [0.2, 0.25) is 11.8 Å².